The summed E-state index contributed by atoms with van der Waals surface area (Å²) in [7, 11) is 0. The number of hydrogen-bond donors (Lipinski definition) is 2. The van der Waals surface area contributed by atoms with Gasteiger partial charge in [-0.15, -0.1) is 0 Å². The van der Waals surface area contributed by atoms with E-state index in [1.165, 1.54) is 0 Å². The fourth-order valence-corrected chi connectivity index (χ4v) is 1.92. The average molecular weight is 223 g/mol. The molecule has 0 spiro atoms. The fourth-order valence-electron chi connectivity index (χ4n) is 1.92. The van der Waals surface area contributed by atoms with Crippen molar-refractivity contribution in [3.05, 3.63) is 17.7 Å². The molecular formula is C12H17NO3. The van der Waals surface area contributed by atoms with Gasteiger partial charge in [0, 0.05) is 5.56 Å². The highest BCUT2D eigenvalue weighted by atomic mass is 16.6. The van der Waals surface area contributed by atoms with Crippen LogP contribution in [0.5, 0.6) is 17.2 Å². The van der Waals surface area contributed by atoms with Crippen LogP contribution in [-0.2, 0) is 0 Å². The van der Waals surface area contributed by atoms with Crippen molar-refractivity contribution in [2.45, 2.75) is 19.3 Å². The zero-order valence-electron chi connectivity index (χ0n) is 9.40. The van der Waals surface area contributed by atoms with Crippen molar-refractivity contribution >= 4 is 0 Å². The molecule has 0 aliphatic carbocycles. The molecule has 1 heterocycles. The molecule has 2 rings (SSSR count). The standard InChI is InChI=1S/C12H17NO3/c1-8(4-5-13)9-2-3-10-12(11(9)14)16-7-6-15-10/h2-3,8,14H,4-7,13H2,1H3. The highest BCUT2D eigenvalue weighted by Crippen LogP contribution is 2.43. The molecule has 1 aromatic rings. The Hall–Kier alpha value is -1.42. The summed E-state index contributed by atoms with van der Waals surface area (Å²) in [5.41, 5.74) is 6.39. The first-order valence-electron chi connectivity index (χ1n) is 5.55. The van der Waals surface area contributed by atoms with Crippen LogP contribution in [0, 0.1) is 0 Å². The van der Waals surface area contributed by atoms with Crippen LogP contribution in [0.3, 0.4) is 0 Å². The molecule has 1 unspecified atom stereocenters. The van der Waals surface area contributed by atoms with Gasteiger partial charge >= 0.3 is 0 Å². The Bertz CT molecular complexity index is 379. The van der Waals surface area contributed by atoms with Gasteiger partial charge in [-0.1, -0.05) is 13.0 Å². The van der Waals surface area contributed by atoms with Gasteiger partial charge in [0.2, 0.25) is 5.75 Å². The first-order chi connectivity index (χ1) is 7.74. The predicted molar refractivity (Wildman–Crippen MR) is 61.2 cm³/mol. The van der Waals surface area contributed by atoms with E-state index in [2.05, 4.69) is 0 Å². The molecule has 1 atom stereocenters. The summed E-state index contributed by atoms with van der Waals surface area (Å²) in [4.78, 5) is 0. The summed E-state index contributed by atoms with van der Waals surface area (Å²) in [5, 5.41) is 10.1. The molecule has 0 amide bonds. The molecular weight excluding hydrogens is 206 g/mol. The molecule has 3 N–H and O–H groups in total. The molecule has 0 saturated carbocycles. The summed E-state index contributed by atoms with van der Waals surface area (Å²) in [6, 6.07) is 3.72. The highest BCUT2D eigenvalue weighted by Gasteiger charge is 2.21. The second-order valence-electron chi connectivity index (χ2n) is 4.01. The van der Waals surface area contributed by atoms with Gasteiger partial charge in [0.25, 0.3) is 0 Å². The summed E-state index contributed by atoms with van der Waals surface area (Å²) in [5.74, 6) is 1.50. The molecule has 4 heteroatoms. The van der Waals surface area contributed by atoms with E-state index in [0.29, 0.717) is 31.3 Å². The minimum absolute atomic E-state index is 0.193. The van der Waals surface area contributed by atoms with E-state index in [4.69, 9.17) is 15.2 Å². The van der Waals surface area contributed by atoms with E-state index in [9.17, 15) is 5.11 Å². The van der Waals surface area contributed by atoms with Crippen LogP contribution < -0.4 is 15.2 Å². The van der Waals surface area contributed by atoms with Crippen LogP contribution in [0.15, 0.2) is 12.1 Å². The molecule has 0 bridgehead atoms. The number of phenolic OH excluding ortho intramolecular Hbond substituents is 1. The van der Waals surface area contributed by atoms with Gasteiger partial charge in [-0.2, -0.15) is 0 Å². The highest BCUT2D eigenvalue weighted by molar-refractivity contribution is 5.56. The summed E-state index contributed by atoms with van der Waals surface area (Å²) < 4.78 is 10.8. The number of phenols is 1. The minimum Gasteiger partial charge on any atom is -0.504 e. The molecule has 4 nitrogen and oxygen atoms in total. The lowest BCUT2D eigenvalue weighted by Crippen LogP contribution is -2.16. The molecule has 1 aliphatic rings. The molecule has 0 radical (unpaired) electrons. The summed E-state index contributed by atoms with van der Waals surface area (Å²) in [6.45, 7) is 3.66. The van der Waals surface area contributed by atoms with Crippen molar-refractivity contribution in [3.63, 3.8) is 0 Å². The fraction of sp³-hybridized carbons (Fsp3) is 0.500. The lowest BCUT2D eigenvalue weighted by molar-refractivity contribution is 0.165. The number of aromatic hydroxyl groups is 1. The SMILES string of the molecule is CC(CCN)c1ccc2c(c1O)OCCO2. The van der Waals surface area contributed by atoms with E-state index in [0.717, 1.165) is 12.0 Å². The predicted octanol–water partition coefficient (Wildman–Crippen LogP) is 1.62. The zero-order valence-corrected chi connectivity index (χ0v) is 9.40. The van der Waals surface area contributed by atoms with Crippen LogP contribution in [0.2, 0.25) is 0 Å². The maximum absolute atomic E-state index is 10.1. The van der Waals surface area contributed by atoms with E-state index in [1.54, 1.807) is 0 Å². The quantitative estimate of drug-likeness (QED) is 0.817. The zero-order chi connectivity index (χ0) is 11.5. The van der Waals surface area contributed by atoms with Gasteiger partial charge in [0.1, 0.15) is 13.2 Å². The molecule has 0 saturated heterocycles. The second kappa shape index (κ2) is 4.61. The van der Waals surface area contributed by atoms with Crippen LogP contribution >= 0.6 is 0 Å². The molecule has 1 aromatic carbocycles. The van der Waals surface area contributed by atoms with Gasteiger partial charge in [-0.25, -0.2) is 0 Å². The lowest BCUT2D eigenvalue weighted by atomic mass is 9.96. The van der Waals surface area contributed by atoms with Crippen LogP contribution in [0.4, 0.5) is 0 Å². The van der Waals surface area contributed by atoms with Crippen molar-refractivity contribution < 1.29 is 14.6 Å². The Morgan fingerprint density at radius 1 is 1.38 bits per heavy atom. The Morgan fingerprint density at radius 2 is 2.12 bits per heavy atom. The number of fused-ring (bicyclic) bond motifs is 1. The number of nitrogens with two attached hydrogens (primary N) is 1. The van der Waals surface area contributed by atoms with Gasteiger partial charge in [-0.3, -0.25) is 0 Å². The van der Waals surface area contributed by atoms with Crippen molar-refractivity contribution in [2.24, 2.45) is 5.73 Å². The lowest BCUT2D eigenvalue weighted by Gasteiger charge is -2.22. The molecule has 0 aromatic heterocycles. The third-order valence-corrected chi connectivity index (χ3v) is 2.84. The van der Waals surface area contributed by atoms with Crippen LogP contribution in [0.25, 0.3) is 0 Å². The van der Waals surface area contributed by atoms with Crippen molar-refractivity contribution in [3.8, 4) is 17.2 Å². The van der Waals surface area contributed by atoms with Gasteiger partial charge in [-0.05, 0) is 24.9 Å². The topological polar surface area (TPSA) is 64.7 Å². The Morgan fingerprint density at radius 3 is 2.88 bits per heavy atom. The van der Waals surface area contributed by atoms with Gasteiger partial charge in [0.15, 0.2) is 11.5 Å². The Balaban J connectivity index is 2.33. The summed E-state index contributed by atoms with van der Waals surface area (Å²) >= 11 is 0. The largest absolute Gasteiger partial charge is 0.504 e. The Labute approximate surface area is 95.0 Å². The van der Waals surface area contributed by atoms with Crippen LogP contribution in [0.1, 0.15) is 24.8 Å². The first kappa shape index (κ1) is 11.1. The van der Waals surface area contributed by atoms with Gasteiger partial charge < -0.3 is 20.3 Å². The van der Waals surface area contributed by atoms with Gasteiger partial charge in [0.05, 0.1) is 0 Å². The van der Waals surface area contributed by atoms with Crippen molar-refractivity contribution in [2.75, 3.05) is 19.8 Å². The maximum atomic E-state index is 10.1. The third kappa shape index (κ3) is 1.93. The monoisotopic (exact) mass is 223 g/mol. The van der Waals surface area contributed by atoms with E-state index in [-0.39, 0.29) is 11.7 Å². The van der Waals surface area contributed by atoms with Crippen molar-refractivity contribution in [1.82, 2.24) is 0 Å². The normalized spacial score (nSPS) is 15.9. The molecule has 1 aliphatic heterocycles. The van der Waals surface area contributed by atoms with E-state index in [1.807, 2.05) is 19.1 Å². The minimum atomic E-state index is 0.193. The Kier molecular flexibility index (Phi) is 3.19. The number of hydrogen-bond acceptors (Lipinski definition) is 4. The first-order valence-corrected chi connectivity index (χ1v) is 5.55. The maximum Gasteiger partial charge on any atom is 0.203 e. The molecule has 16 heavy (non-hydrogen) atoms. The van der Waals surface area contributed by atoms with E-state index >= 15 is 0 Å². The smallest absolute Gasteiger partial charge is 0.203 e. The molecule has 88 valence electrons. The average Bonchev–Trinajstić information content (AvgIpc) is 2.30. The summed E-state index contributed by atoms with van der Waals surface area (Å²) in [6.07, 6.45) is 0.840. The van der Waals surface area contributed by atoms with E-state index < -0.39 is 0 Å². The number of rotatable bonds is 3. The van der Waals surface area contributed by atoms with Crippen molar-refractivity contribution in [1.29, 1.82) is 0 Å². The number of ether oxygens (including phenoxy) is 2. The third-order valence-electron chi connectivity index (χ3n) is 2.84. The second-order valence-corrected chi connectivity index (χ2v) is 4.01. The van der Waals surface area contributed by atoms with Crippen LogP contribution in [-0.4, -0.2) is 24.9 Å². The number of benzene rings is 1. The molecule has 0 fully saturated rings.